The Labute approximate surface area is 191 Å². The number of amides is 1. The molecule has 180 valence electrons. The largest absolute Gasteiger partial charge is 0.434 e. The monoisotopic (exact) mass is 482 g/mol. The highest BCUT2D eigenvalue weighted by Gasteiger charge is 2.42. The molecule has 0 atom stereocenters. The zero-order valence-electron chi connectivity index (χ0n) is 18.0. The van der Waals surface area contributed by atoms with E-state index in [4.69, 9.17) is 0 Å². The fraction of sp³-hybridized carbons (Fsp3) is 0.304. The number of aromatic nitrogens is 2. The number of carbonyl (C=O) groups is 1. The third-order valence-electron chi connectivity index (χ3n) is 5.62. The molecule has 3 aromatic rings. The normalized spacial score (nSPS) is 15.0. The molecular formula is C23H20F6N4O. The number of aryl methyl sites for hydroxylation is 1. The number of benzene rings is 2. The maximum Gasteiger partial charge on any atom is 0.434 e. The predicted molar refractivity (Wildman–Crippen MR) is 113 cm³/mol. The summed E-state index contributed by atoms with van der Waals surface area (Å²) in [6.45, 7) is 3.19. The van der Waals surface area contributed by atoms with Crippen molar-refractivity contribution in [3.05, 3.63) is 77.1 Å². The molecule has 2 aromatic carbocycles. The summed E-state index contributed by atoms with van der Waals surface area (Å²) in [7, 11) is 0. The van der Waals surface area contributed by atoms with E-state index in [9.17, 15) is 31.1 Å². The maximum absolute atomic E-state index is 13.9. The molecule has 4 rings (SSSR count). The molecule has 0 N–H and O–H groups in total. The van der Waals surface area contributed by atoms with Gasteiger partial charge in [0.05, 0.1) is 23.0 Å². The van der Waals surface area contributed by atoms with Crippen LogP contribution in [0.15, 0.2) is 54.7 Å². The lowest BCUT2D eigenvalue weighted by Crippen LogP contribution is -2.49. The van der Waals surface area contributed by atoms with Crippen LogP contribution < -0.4 is 4.90 Å². The Morgan fingerprint density at radius 1 is 0.853 bits per heavy atom. The third kappa shape index (κ3) is 4.73. The van der Waals surface area contributed by atoms with Crippen LogP contribution in [0.3, 0.4) is 0 Å². The number of anilines is 1. The number of halogens is 6. The summed E-state index contributed by atoms with van der Waals surface area (Å²) < 4.78 is 81.3. The molecule has 1 aromatic heterocycles. The van der Waals surface area contributed by atoms with E-state index < -0.39 is 40.8 Å². The van der Waals surface area contributed by atoms with E-state index in [1.807, 2.05) is 36.1 Å². The summed E-state index contributed by atoms with van der Waals surface area (Å²) in [5, 5.41) is 3.64. The molecule has 0 aliphatic carbocycles. The molecule has 0 radical (unpaired) electrons. The summed E-state index contributed by atoms with van der Waals surface area (Å²) >= 11 is 0. The molecule has 1 aliphatic heterocycles. The van der Waals surface area contributed by atoms with Gasteiger partial charge in [0.15, 0.2) is 5.69 Å². The van der Waals surface area contributed by atoms with Crippen molar-refractivity contribution in [2.45, 2.75) is 19.3 Å². The van der Waals surface area contributed by atoms with Crippen molar-refractivity contribution in [3.63, 3.8) is 0 Å². The van der Waals surface area contributed by atoms with E-state index in [1.54, 1.807) is 0 Å². The summed E-state index contributed by atoms with van der Waals surface area (Å²) in [5.41, 5.74) is -1.64. The Balaban J connectivity index is 1.61. The predicted octanol–water partition coefficient (Wildman–Crippen LogP) is 5.18. The van der Waals surface area contributed by atoms with Gasteiger partial charge in [0.2, 0.25) is 0 Å². The van der Waals surface area contributed by atoms with Crippen LogP contribution in [-0.2, 0) is 12.4 Å². The van der Waals surface area contributed by atoms with E-state index in [0.29, 0.717) is 23.8 Å². The summed E-state index contributed by atoms with van der Waals surface area (Å²) in [4.78, 5) is 16.3. The van der Waals surface area contributed by atoms with Gasteiger partial charge in [0.1, 0.15) is 0 Å². The average molecular weight is 482 g/mol. The first-order chi connectivity index (χ1) is 15.9. The topological polar surface area (TPSA) is 41.4 Å². The molecule has 0 spiro atoms. The molecule has 1 saturated heterocycles. The van der Waals surface area contributed by atoms with E-state index in [-0.39, 0.29) is 13.1 Å². The van der Waals surface area contributed by atoms with E-state index >= 15 is 0 Å². The van der Waals surface area contributed by atoms with Crippen molar-refractivity contribution >= 4 is 11.6 Å². The Morgan fingerprint density at radius 3 is 2.12 bits per heavy atom. The Hall–Kier alpha value is -3.50. The maximum atomic E-state index is 13.9. The van der Waals surface area contributed by atoms with Crippen molar-refractivity contribution in [1.82, 2.24) is 14.7 Å². The van der Waals surface area contributed by atoms with Crippen LogP contribution in [0.2, 0.25) is 0 Å². The molecular weight excluding hydrogens is 462 g/mol. The van der Waals surface area contributed by atoms with Gasteiger partial charge in [-0.3, -0.25) is 4.79 Å². The highest BCUT2D eigenvalue weighted by atomic mass is 19.4. The highest BCUT2D eigenvalue weighted by Crippen LogP contribution is 2.36. The smallest absolute Gasteiger partial charge is 0.368 e. The zero-order chi connectivity index (χ0) is 24.7. The molecule has 0 unspecified atom stereocenters. The van der Waals surface area contributed by atoms with Crippen LogP contribution in [0.25, 0.3) is 5.69 Å². The first kappa shape index (κ1) is 23.7. The number of alkyl halides is 6. The number of carbonyl (C=O) groups excluding carboxylic acids is 1. The van der Waals surface area contributed by atoms with Gasteiger partial charge in [0.25, 0.3) is 5.91 Å². The Bertz CT molecular complexity index is 1190. The molecule has 34 heavy (non-hydrogen) atoms. The van der Waals surface area contributed by atoms with Crippen molar-refractivity contribution in [3.8, 4) is 5.69 Å². The Morgan fingerprint density at radius 2 is 1.50 bits per heavy atom. The second kappa shape index (κ2) is 8.69. The molecule has 0 bridgehead atoms. The number of nitrogens with zero attached hydrogens (tertiary/aromatic N) is 4. The van der Waals surface area contributed by atoms with Gasteiger partial charge in [-0.15, -0.1) is 0 Å². The second-order valence-corrected chi connectivity index (χ2v) is 7.98. The molecule has 1 fully saturated rings. The summed E-state index contributed by atoms with van der Waals surface area (Å²) in [6, 6.07) is 11.1. The minimum atomic E-state index is -5.01. The number of hydrogen-bond acceptors (Lipinski definition) is 3. The van der Waals surface area contributed by atoms with Crippen molar-refractivity contribution in [1.29, 1.82) is 0 Å². The lowest BCUT2D eigenvalue weighted by atomic mass is 10.1. The molecule has 11 heteroatoms. The van der Waals surface area contributed by atoms with Gasteiger partial charge in [-0.05, 0) is 42.8 Å². The SMILES string of the molecule is Cc1cccc(N2CCN(C(=O)c3cnn(-c4cccc(C(F)(F)F)c4)c3C(F)(F)F)CC2)c1. The van der Waals surface area contributed by atoms with Gasteiger partial charge in [0, 0.05) is 31.9 Å². The molecule has 5 nitrogen and oxygen atoms in total. The zero-order valence-corrected chi connectivity index (χ0v) is 18.0. The van der Waals surface area contributed by atoms with Gasteiger partial charge in [-0.25, -0.2) is 4.68 Å². The van der Waals surface area contributed by atoms with Crippen molar-refractivity contribution < 1.29 is 31.1 Å². The lowest BCUT2D eigenvalue weighted by Gasteiger charge is -2.36. The number of hydrogen-bond donors (Lipinski definition) is 0. The minimum Gasteiger partial charge on any atom is -0.368 e. The van der Waals surface area contributed by atoms with Gasteiger partial charge >= 0.3 is 12.4 Å². The number of piperazine rings is 1. The third-order valence-corrected chi connectivity index (χ3v) is 5.62. The first-order valence-electron chi connectivity index (χ1n) is 10.4. The van der Waals surface area contributed by atoms with Crippen LogP contribution in [-0.4, -0.2) is 46.8 Å². The van der Waals surface area contributed by atoms with Gasteiger partial charge in [-0.1, -0.05) is 18.2 Å². The number of rotatable bonds is 3. The van der Waals surface area contributed by atoms with Crippen LogP contribution >= 0.6 is 0 Å². The molecule has 2 heterocycles. The molecule has 1 aliphatic rings. The van der Waals surface area contributed by atoms with Crippen LogP contribution in [0, 0.1) is 6.92 Å². The second-order valence-electron chi connectivity index (χ2n) is 7.98. The van der Waals surface area contributed by atoms with Crippen LogP contribution in [0.5, 0.6) is 0 Å². The molecule has 0 saturated carbocycles. The van der Waals surface area contributed by atoms with Gasteiger partial charge < -0.3 is 9.80 Å². The van der Waals surface area contributed by atoms with E-state index in [0.717, 1.165) is 35.6 Å². The van der Waals surface area contributed by atoms with Crippen molar-refractivity contribution in [2.75, 3.05) is 31.1 Å². The van der Waals surface area contributed by atoms with Gasteiger partial charge in [-0.2, -0.15) is 31.4 Å². The minimum absolute atomic E-state index is 0.193. The fourth-order valence-electron chi connectivity index (χ4n) is 3.95. The highest BCUT2D eigenvalue weighted by molar-refractivity contribution is 5.95. The summed E-state index contributed by atoms with van der Waals surface area (Å²) in [6.07, 6.45) is -8.99. The van der Waals surface area contributed by atoms with Crippen LogP contribution in [0.4, 0.5) is 32.0 Å². The van der Waals surface area contributed by atoms with Crippen molar-refractivity contribution in [2.24, 2.45) is 0 Å². The summed E-state index contributed by atoms with van der Waals surface area (Å²) in [5.74, 6) is -0.866. The first-order valence-corrected chi connectivity index (χ1v) is 10.4. The van der Waals surface area contributed by atoms with E-state index in [2.05, 4.69) is 5.10 Å². The quantitative estimate of drug-likeness (QED) is 0.483. The average Bonchev–Trinajstić information content (AvgIpc) is 3.24. The van der Waals surface area contributed by atoms with Crippen LogP contribution in [0.1, 0.15) is 27.2 Å². The standard InChI is InChI=1S/C23H20F6N4O/c1-15-4-2-6-17(12-15)31-8-10-32(11-9-31)21(34)19-14-30-33(20(19)23(27,28)29)18-7-3-5-16(13-18)22(24,25)26/h2-7,12-14H,8-11H2,1H3. The van der Waals surface area contributed by atoms with E-state index in [1.165, 1.54) is 4.90 Å². The lowest BCUT2D eigenvalue weighted by molar-refractivity contribution is -0.143. The fourth-order valence-corrected chi connectivity index (χ4v) is 3.95. The Kier molecular flexibility index (Phi) is 6.05. The molecule has 1 amide bonds.